The molecule has 0 heterocycles. The molecule has 5 nitrogen and oxygen atoms in total. The van der Waals surface area contributed by atoms with Crippen LogP contribution in [0.4, 0.5) is 10.5 Å². The van der Waals surface area contributed by atoms with Crippen molar-refractivity contribution in [2.75, 3.05) is 5.32 Å². The van der Waals surface area contributed by atoms with Crippen LogP contribution < -0.4 is 10.6 Å². The van der Waals surface area contributed by atoms with Crippen LogP contribution in [0.25, 0.3) is 0 Å². The summed E-state index contributed by atoms with van der Waals surface area (Å²) < 4.78 is 0. The molecule has 0 atom stereocenters. The van der Waals surface area contributed by atoms with Crippen LogP contribution in [0.5, 0.6) is 0 Å². The fourth-order valence-corrected chi connectivity index (χ4v) is 2.83. The van der Waals surface area contributed by atoms with Crippen molar-refractivity contribution in [3.05, 3.63) is 29.3 Å². The Bertz CT molecular complexity index is 565. The summed E-state index contributed by atoms with van der Waals surface area (Å²) >= 11 is 0. The molecule has 0 saturated heterocycles. The molecule has 1 aromatic rings. The predicted molar refractivity (Wildman–Crippen MR) is 79.5 cm³/mol. The van der Waals surface area contributed by atoms with Crippen molar-refractivity contribution in [3.8, 4) is 0 Å². The molecule has 2 fully saturated rings. The zero-order valence-corrected chi connectivity index (χ0v) is 12.1. The normalized spacial score (nSPS) is 17.6. The van der Waals surface area contributed by atoms with Gasteiger partial charge in [-0.25, -0.2) is 9.59 Å². The third-order valence-corrected chi connectivity index (χ3v) is 4.27. The molecule has 2 saturated carbocycles. The lowest BCUT2D eigenvalue weighted by Crippen LogP contribution is -2.40. The van der Waals surface area contributed by atoms with Gasteiger partial charge in [0.25, 0.3) is 0 Å². The number of aryl methyl sites for hydroxylation is 1. The summed E-state index contributed by atoms with van der Waals surface area (Å²) in [4.78, 5) is 23.0. The Morgan fingerprint density at radius 2 is 1.81 bits per heavy atom. The van der Waals surface area contributed by atoms with Gasteiger partial charge < -0.3 is 15.7 Å². The third-order valence-electron chi connectivity index (χ3n) is 4.27. The number of carbonyl (C=O) groups excluding carboxylic acids is 1. The SMILES string of the molecule is Cc1cc(NC(=O)NC(C2CC2)C2CC2)ccc1C(=O)O. The molecule has 0 aliphatic heterocycles. The Hall–Kier alpha value is -2.04. The van der Waals surface area contributed by atoms with Crippen LogP contribution in [-0.4, -0.2) is 23.1 Å². The lowest BCUT2D eigenvalue weighted by atomic mass is 10.1. The average molecular weight is 288 g/mol. The van der Waals surface area contributed by atoms with E-state index in [1.54, 1.807) is 19.1 Å². The lowest BCUT2D eigenvalue weighted by Gasteiger charge is -2.18. The summed E-state index contributed by atoms with van der Waals surface area (Å²) in [6.07, 6.45) is 4.86. The lowest BCUT2D eigenvalue weighted by molar-refractivity contribution is 0.0696. The van der Waals surface area contributed by atoms with Gasteiger partial charge in [0.15, 0.2) is 0 Å². The molecule has 2 aliphatic carbocycles. The van der Waals surface area contributed by atoms with E-state index in [1.165, 1.54) is 31.7 Å². The molecule has 2 amide bonds. The van der Waals surface area contributed by atoms with E-state index in [-0.39, 0.29) is 11.6 Å². The number of carboxylic acid groups (broad SMARTS) is 1. The summed E-state index contributed by atoms with van der Waals surface area (Å²) in [6.45, 7) is 1.73. The molecule has 0 aromatic heterocycles. The van der Waals surface area contributed by atoms with Crippen LogP contribution in [-0.2, 0) is 0 Å². The highest BCUT2D eigenvalue weighted by Gasteiger charge is 2.42. The molecule has 1 aromatic carbocycles. The Morgan fingerprint density at radius 3 is 2.29 bits per heavy atom. The zero-order valence-electron chi connectivity index (χ0n) is 12.1. The van der Waals surface area contributed by atoms with Crippen LogP contribution in [0.2, 0.25) is 0 Å². The average Bonchev–Trinajstić information content (AvgIpc) is 3.27. The van der Waals surface area contributed by atoms with E-state index in [4.69, 9.17) is 5.11 Å². The van der Waals surface area contributed by atoms with Gasteiger partial charge in [0.1, 0.15) is 0 Å². The van der Waals surface area contributed by atoms with Gasteiger partial charge in [0.05, 0.1) is 5.56 Å². The number of aromatic carboxylic acids is 1. The van der Waals surface area contributed by atoms with Gasteiger partial charge in [-0.3, -0.25) is 0 Å². The Morgan fingerprint density at radius 1 is 1.19 bits per heavy atom. The Balaban J connectivity index is 1.61. The minimum absolute atomic E-state index is 0.193. The summed E-state index contributed by atoms with van der Waals surface area (Å²) in [6, 6.07) is 4.95. The fourth-order valence-electron chi connectivity index (χ4n) is 2.83. The molecule has 112 valence electrons. The number of amides is 2. The maximum absolute atomic E-state index is 12.1. The van der Waals surface area contributed by atoms with Crippen LogP contribution in [0.1, 0.15) is 41.6 Å². The number of anilines is 1. The van der Waals surface area contributed by atoms with Crippen molar-refractivity contribution in [1.82, 2.24) is 5.32 Å². The first kappa shape index (κ1) is 13.9. The van der Waals surface area contributed by atoms with E-state index >= 15 is 0 Å². The van der Waals surface area contributed by atoms with Crippen molar-refractivity contribution in [3.63, 3.8) is 0 Å². The standard InChI is InChI=1S/C16H20N2O3/c1-9-8-12(6-7-13(9)15(19)20)17-16(21)18-14(10-2-3-10)11-4-5-11/h6-8,10-11,14H,2-5H2,1H3,(H,19,20)(H2,17,18,21). The molecule has 0 spiro atoms. The largest absolute Gasteiger partial charge is 0.478 e. The molecule has 5 heteroatoms. The highest BCUT2D eigenvalue weighted by molar-refractivity contribution is 5.92. The number of urea groups is 1. The summed E-state index contributed by atoms with van der Waals surface area (Å²) in [7, 11) is 0. The van der Waals surface area contributed by atoms with Gasteiger partial charge >= 0.3 is 12.0 Å². The fraction of sp³-hybridized carbons (Fsp3) is 0.500. The Kier molecular flexibility index (Phi) is 3.57. The molecule has 2 aliphatic rings. The van der Waals surface area contributed by atoms with Crippen LogP contribution in [0.3, 0.4) is 0 Å². The molecule has 0 unspecified atom stereocenters. The smallest absolute Gasteiger partial charge is 0.335 e. The maximum atomic E-state index is 12.1. The minimum Gasteiger partial charge on any atom is -0.478 e. The van der Waals surface area contributed by atoms with Crippen LogP contribution in [0, 0.1) is 18.8 Å². The summed E-state index contributed by atoms with van der Waals surface area (Å²) in [5, 5.41) is 14.9. The first-order valence-electron chi connectivity index (χ1n) is 7.46. The third kappa shape index (κ3) is 3.35. The molecule has 3 N–H and O–H groups in total. The number of hydrogen-bond acceptors (Lipinski definition) is 2. The Labute approximate surface area is 123 Å². The number of benzene rings is 1. The number of carbonyl (C=O) groups is 2. The first-order chi connectivity index (χ1) is 10.0. The van der Waals surface area contributed by atoms with Crippen molar-refractivity contribution >= 4 is 17.7 Å². The maximum Gasteiger partial charge on any atom is 0.335 e. The molecule has 0 radical (unpaired) electrons. The second-order valence-corrected chi connectivity index (χ2v) is 6.13. The van der Waals surface area contributed by atoms with E-state index < -0.39 is 5.97 Å². The van der Waals surface area contributed by atoms with E-state index in [0.717, 1.165) is 0 Å². The molecular weight excluding hydrogens is 268 g/mol. The molecule has 0 bridgehead atoms. The van der Waals surface area contributed by atoms with Crippen LogP contribution in [0.15, 0.2) is 18.2 Å². The number of hydrogen-bond donors (Lipinski definition) is 3. The zero-order chi connectivity index (χ0) is 15.0. The second-order valence-electron chi connectivity index (χ2n) is 6.13. The van der Waals surface area contributed by atoms with Crippen molar-refractivity contribution in [2.24, 2.45) is 11.8 Å². The van der Waals surface area contributed by atoms with Gasteiger partial charge in [0.2, 0.25) is 0 Å². The van der Waals surface area contributed by atoms with E-state index in [2.05, 4.69) is 10.6 Å². The number of rotatable bonds is 5. The highest BCUT2D eigenvalue weighted by atomic mass is 16.4. The molecule has 3 rings (SSSR count). The van der Waals surface area contributed by atoms with E-state index in [0.29, 0.717) is 29.1 Å². The van der Waals surface area contributed by atoms with Gasteiger partial charge in [-0.1, -0.05) is 0 Å². The van der Waals surface area contributed by atoms with Crippen molar-refractivity contribution < 1.29 is 14.7 Å². The van der Waals surface area contributed by atoms with Gasteiger partial charge in [0, 0.05) is 11.7 Å². The molecular formula is C16H20N2O3. The highest BCUT2D eigenvalue weighted by Crippen LogP contribution is 2.44. The predicted octanol–water partition coefficient (Wildman–Crippen LogP) is 3.00. The minimum atomic E-state index is -0.953. The molecule has 21 heavy (non-hydrogen) atoms. The number of carboxylic acids is 1. The summed E-state index contributed by atoms with van der Waals surface area (Å²) in [5.74, 6) is 0.352. The van der Waals surface area contributed by atoms with Gasteiger partial charge in [-0.15, -0.1) is 0 Å². The topological polar surface area (TPSA) is 78.4 Å². The second kappa shape index (κ2) is 5.39. The quantitative estimate of drug-likeness (QED) is 0.779. The van der Waals surface area contributed by atoms with Crippen LogP contribution >= 0.6 is 0 Å². The summed E-state index contributed by atoms with van der Waals surface area (Å²) in [5.41, 5.74) is 1.52. The number of nitrogens with one attached hydrogen (secondary N) is 2. The first-order valence-corrected chi connectivity index (χ1v) is 7.46. The monoisotopic (exact) mass is 288 g/mol. The van der Waals surface area contributed by atoms with Gasteiger partial charge in [-0.05, 0) is 68.2 Å². The van der Waals surface area contributed by atoms with Crippen molar-refractivity contribution in [2.45, 2.75) is 38.6 Å². The van der Waals surface area contributed by atoms with Gasteiger partial charge in [-0.2, -0.15) is 0 Å². The van der Waals surface area contributed by atoms with E-state index in [9.17, 15) is 9.59 Å². The van der Waals surface area contributed by atoms with E-state index in [1.807, 2.05) is 0 Å². The van der Waals surface area contributed by atoms with Crippen molar-refractivity contribution in [1.29, 1.82) is 0 Å².